The first kappa shape index (κ1) is 13.3. The molecule has 0 spiro atoms. The summed E-state index contributed by atoms with van der Waals surface area (Å²) in [6.07, 6.45) is 3.45. The van der Waals surface area contributed by atoms with Crippen molar-refractivity contribution in [2.24, 2.45) is 11.8 Å². The van der Waals surface area contributed by atoms with Crippen molar-refractivity contribution in [1.29, 1.82) is 0 Å². The van der Waals surface area contributed by atoms with Crippen molar-refractivity contribution in [3.63, 3.8) is 0 Å². The Morgan fingerprint density at radius 2 is 1.29 bits per heavy atom. The van der Waals surface area contributed by atoms with Gasteiger partial charge in [-0.05, 0) is 11.8 Å². The summed E-state index contributed by atoms with van der Waals surface area (Å²) in [6.45, 7) is 10.7. The van der Waals surface area contributed by atoms with E-state index in [0.717, 1.165) is 26.1 Å². The molecule has 2 rings (SSSR count). The van der Waals surface area contributed by atoms with E-state index in [-0.39, 0.29) is 12.2 Å². The van der Waals surface area contributed by atoms with E-state index in [1.54, 1.807) is 0 Å². The summed E-state index contributed by atoms with van der Waals surface area (Å²) < 4.78 is 17.2. The molecule has 6 atom stereocenters. The lowest BCUT2D eigenvalue weighted by Crippen LogP contribution is -2.38. The Bertz CT molecular complexity index is 212. The van der Waals surface area contributed by atoms with Gasteiger partial charge in [-0.2, -0.15) is 0 Å². The molecule has 2 heterocycles. The number of epoxide rings is 2. The molecule has 0 saturated carbocycles. The summed E-state index contributed by atoms with van der Waals surface area (Å²) in [5, 5.41) is 0. The van der Waals surface area contributed by atoms with Crippen molar-refractivity contribution in [2.45, 2.75) is 65.0 Å². The molecule has 6 unspecified atom stereocenters. The summed E-state index contributed by atoms with van der Waals surface area (Å²) >= 11 is 0. The summed E-state index contributed by atoms with van der Waals surface area (Å²) in [7, 11) is 0. The van der Waals surface area contributed by atoms with Crippen molar-refractivity contribution in [3.05, 3.63) is 0 Å². The van der Waals surface area contributed by atoms with E-state index in [9.17, 15) is 0 Å². The number of hydrogen-bond acceptors (Lipinski definition) is 3. The lowest BCUT2D eigenvalue weighted by Gasteiger charge is -2.30. The molecule has 0 radical (unpaired) electrons. The molecular formula is C14H26O3. The molecule has 0 amide bonds. The average molecular weight is 242 g/mol. The minimum Gasteiger partial charge on any atom is -0.370 e. The van der Waals surface area contributed by atoms with Crippen LogP contribution >= 0.6 is 0 Å². The average Bonchev–Trinajstić information content (AvgIpc) is 3.18. The zero-order valence-corrected chi connectivity index (χ0v) is 11.5. The molecular weight excluding hydrogens is 216 g/mol. The predicted molar refractivity (Wildman–Crippen MR) is 67.1 cm³/mol. The second-order valence-corrected chi connectivity index (χ2v) is 5.58. The molecule has 2 saturated heterocycles. The fourth-order valence-electron chi connectivity index (χ4n) is 2.31. The first-order chi connectivity index (χ1) is 8.17. The lowest BCUT2D eigenvalue weighted by molar-refractivity contribution is -0.0847. The number of hydrogen-bond donors (Lipinski definition) is 0. The van der Waals surface area contributed by atoms with E-state index in [4.69, 9.17) is 14.2 Å². The van der Waals surface area contributed by atoms with E-state index in [2.05, 4.69) is 27.7 Å². The van der Waals surface area contributed by atoms with Crippen LogP contribution in [0.15, 0.2) is 0 Å². The van der Waals surface area contributed by atoms with Gasteiger partial charge in [-0.15, -0.1) is 0 Å². The van der Waals surface area contributed by atoms with Gasteiger partial charge >= 0.3 is 0 Å². The maximum Gasteiger partial charge on any atom is 0.107 e. The molecule has 0 N–H and O–H groups in total. The van der Waals surface area contributed by atoms with Crippen LogP contribution in [0.5, 0.6) is 0 Å². The van der Waals surface area contributed by atoms with Gasteiger partial charge in [0.25, 0.3) is 0 Å². The number of ether oxygens (including phenoxy) is 3. The van der Waals surface area contributed by atoms with Gasteiger partial charge in [0.15, 0.2) is 0 Å². The fraction of sp³-hybridized carbons (Fsp3) is 1.00. The van der Waals surface area contributed by atoms with Crippen molar-refractivity contribution >= 4 is 0 Å². The zero-order chi connectivity index (χ0) is 12.4. The molecule has 2 aliphatic heterocycles. The summed E-state index contributed by atoms with van der Waals surface area (Å²) in [6, 6.07) is 0. The first-order valence-corrected chi connectivity index (χ1v) is 7.06. The molecule has 0 aromatic carbocycles. The molecule has 3 nitrogen and oxygen atoms in total. The Labute approximate surface area is 105 Å². The highest BCUT2D eigenvalue weighted by Crippen LogP contribution is 2.32. The Morgan fingerprint density at radius 3 is 1.53 bits per heavy atom. The second-order valence-electron chi connectivity index (χ2n) is 5.58. The van der Waals surface area contributed by atoms with Crippen LogP contribution < -0.4 is 0 Å². The molecule has 2 fully saturated rings. The van der Waals surface area contributed by atoms with Crippen LogP contribution in [0.4, 0.5) is 0 Å². The van der Waals surface area contributed by atoms with Crippen LogP contribution in [-0.4, -0.2) is 37.6 Å². The fourth-order valence-corrected chi connectivity index (χ4v) is 2.31. The summed E-state index contributed by atoms with van der Waals surface area (Å²) in [4.78, 5) is 0. The van der Waals surface area contributed by atoms with Gasteiger partial charge in [0, 0.05) is 0 Å². The Morgan fingerprint density at radius 1 is 0.941 bits per heavy atom. The van der Waals surface area contributed by atoms with Crippen molar-refractivity contribution in [3.8, 4) is 0 Å². The Hall–Kier alpha value is -0.120. The standard InChI is InChI=1S/C14H26O3/c1-5-9(3)13(11-7-15-11)17-14(10(4)6-2)12-8-16-12/h9-14H,5-8H2,1-4H3. The predicted octanol–water partition coefficient (Wildman–Crippen LogP) is 2.63. The third-order valence-electron chi connectivity index (χ3n) is 4.17. The molecule has 0 aromatic rings. The van der Waals surface area contributed by atoms with Crippen LogP contribution in [0.1, 0.15) is 40.5 Å². The highest BCUT2D eigenvalue weighted by molar-refractivity contribution is 4.89. The van der Waals surface area contributed by atoms with Crippen LogP contribution in [0.2, 0.25) is 0 Å². The Balaban J connectivity index is 1.93. The third-order valence-corrected chi connectivity index (χ3v) is 4.17. The molecule has 0 bridgehead atoms. The minimum absolute atomic E-state index is 0.253. The molecule has 0 aromatic heterocycles. The van der Waals surface area contributed by atoms with Gasteiger partial charge in [-0.25, -0.2) is 0 Å². The van der Waals surface area contributed by atoms with Gasteiger partial charge in [-0.1, -0.05) is 40.5 Å². The maximum atomic E-state index is 6.35. The molecule has 0 aliphatic carbocycles. The zero-order valence-electron chi connectivity index (χ0n) is 11.5. The summed E-state index contributed by atoms with van der Waals surface area (Å²) in [5.74, 6) is 1.13. The quantitative estimate of drug-likeness (QED) is 0.614. The minimum atomic E-state index is 0.253. The topological polar surface area (TPSA) is 34.3 Å². The van der Waals surface area contributed by atoms with Gasteiger partial charge in [0.1, 0.15) is 12.2 Å². The Kier molecular flexibility index (Phi) is 4.45. The lowest BCUT2D eigenvalue weighted by atomic mass is 9.95. The van der Waals surface area contributed by atoms with Crippen molar-refractivity contribution < 1.29 is 14.2 Å². The number of rotatable bonds is 8. The molecule has 17 heavy (non-hydrogen) atoms. The van der Waals surface area contributed by atoms with E-state index < -0.39 is 0 Å². The third kappa shape index (κ3) is 3.43. The van der Waals surface area contributed by atoms with Crippen LogP contribution in [0, 0.1) is 11.8 Å². The van der Waals surface area contributed by atoms with E-state index in [1.165, 1.54) is 0 Å². The largest absolute Gasteiger partial charge is 0.370 e. The normalized spacial score (nSPS) is 33.9. The highest BCUT2D eigenvalue weighted by atomic mass is 16.6. The SMILES string of the molecule is CCC(C)C(OC(C(C)CC)C1CO1)C1CO1. The summed E-state index contributed by atoms with van der Waals surface area (Å²) in [5.41, 5.74) is 0. The maximum absolute atomic E-state index is 6.35. The molecule has 100 valence electrons. The van der Waals surface area contributed by atoms with Crippen LogP contribution in [0.25, 0.3) is 0 Å². The first-order valence-electron chi connectivity index (χ1n) is 7.06. The van der Waals surface area contributed by atoms with Crippen LogP contribution in [-0.2, 0) is 14.2 Å². The monoisotopic (exact) mass is 242 g/mol. The van der Waals surface area contributed by atoms with E-state index >= 15 is 0 Å². The van der Waals surface area contributed by atoms with Gasteiger partial charge in [0.2, 0.25) is 0 Å². The molecule has 2 aliphatic rings. The van der Waals surface area contributed by atoms with Crippen LogP contribution in [0.3, 0.4) is 0 Å². The van der Waals surface area contributed by atoms with E-state index in [1.807, 2.05) is 0 Å². The van der Waals surface area contributed by atoms with E-state index in [0.29, 0.717) is 24.0 Å². The van der Waals surface area contributed by atoms with Gasteiger partial charge in [-0.3, -0.25) is 0 Å². The van der Waals surface area contributed by atoms with Gasteiger partial charge in [0.05, 0.1) is 25.4 Å². The van der Waals surface area contributed by atoms with Crippen molar-refractivity contribution in [2.75, 3.05) is 13.2 Å². The highest BCUT2D eigenvalue weighted by Gasteiger charge is 2.43. The smallest absolute Gasteiger partial charge is 0.107 e. The molecule has 3 heteroatoms. The van der Waals surface area contributed by atoms with Crippen molar-refractivity contribution in [1.82, 2.24) is 0 Å². The van der Waals surface area contributed by atoms with Gasteiger partial charge < -0.3 is 14.2 Å². The second kappa shape index (κ2) is 5.68.